The minimum Gasteiger partial charge on any atom is -0.378 e. The molecule has 1 aliphatic heterocycles. The molecule has 142 valence electrons. The maximum atomic E-state index is 11.9. The van der Waals surface area contributed by atoms with Gasteiger partial charge in [-0.2, -0.15) is 5.26 Å². The molecule has 0 aliphatic carbocycles. The van der Waals surface area contributed by atoms with Crippen LogP contribution in [-0.2, 0) is 16.1 Å². The van der Waals surface area contributed by atoms with Crippen molar-refractivity contribution in [1.29, 1.82) is 5.26 Å². The summed E-state index contributed by atoms with van der Waals surface area (Å²) < 4.78 is 7.48. The average Bonchev–Trinajstić information content (AvgIpc) is 3.10. The Hall–Kier alpha value is -2.57. The average molecular weight is 386 g/mol. The molecule has 1 aliphatic rings. The van der Waals surface area contributed by atoms with E-state index in [0.29, 0.717) is 37.9 Å². The van der Waals surface area contributed by atoms with E-state index in [1.165, 1.54) is 11.8 Å². The quantitative estimate of drug-likeness (QED) is 0.539. The van der Waals surface area contributed by atoms with E-state index >= 15 is 0 Å². The zero-order valence-electron chi connectivity index (χ0n) is 15.0. The lowest BCUT2D eigenvalue weighted by atomic mass is 10.2. The summed E-state index contributed by atoms with van der Waals surface area (Å²) in [6.07, 6.45) is 0.307. The van der Waals surface area contributed by atoms with Gasteiger partial charge in [0.1, 0.15) is 0 Å². The van der Waals surface area contributed by atoms with Crippen LogP contribution in [0.2, 0.25) is 0 Å². The van der Waals surface area contributed by atoms with Crippen molar-refractivity contribution in [1.82, 2.24) is 20.1 Å². The van der Waals surface area contributed by atoms with Crippen LogP contribution in [0.1, 0.15) is 12.0 Å². The van der Waals surface area contributed by atoms with Crippen molar-refractivity contribution in [2.75, 3.05) is 43.5 Å². The van der Waals surface area contributed by atoms with Crippen molar-refractivity contribution in [3.8, 4) is 6.07 Å². The molecular weight excluding hydrogens is 364 g/mol. The third kappa shape index (κ3) is 5.45. The van der Waals surface area contributed by atoms with Crippen molar-refractivity contribution in [3.05, 3.63) is 35.9 Å². The lowest BCUT2D eigenvalue weighted by Gasteiger charge is -2.28. The van der Waals surface area contributed by atoms with Crippen LogP contribution in [0.25, 0.3) is 0 Å². The number of aromatic nitrogens is 3. The Bertz CT molecular complexity index is 783. The van der Waals surface area contributed by atoms with Crippen LogP contribution in [-0.4, -0.2) is 59.3 Å². The van der Waals surface area contributed by atoms with E-state index < -0.39 is 0 Å². The summed E-state index contributed by atoms with van der Waals surface area (Å²) in [4.78, 5) is 14.1. The number of amides is 1. The lowest BCUT2D eigenvalue weighted by molar-refractivity contribution is -0.118. The zero-order valence-corrected chi connectivity index (χ0v) is 15.8. The van der Waals surface area contributed by atoms with E-state index in [1.54, 1.807) is 0 Å². The number of hydrogen-bond donors (Lipinski definition) is 1. The van der Waals surface area contributed by atoms with Crippen molar-refractivity contribution in [2.45, 2.75) is 18.1 Å². The van der Waals surface area contributed by atoms with Crippen LogP contribution in [0, 0.1) is 11.3 Å². The molecule has 1 aromatic heterocycles. The van der Waals surface area contributed by atoms with E-state index in [4.69, 9.17) is 10.00 Å². The number of benzene rings is 1. The van der Waals surface area contributed by atoms with E-state index in [2.05, 4.69) is 32.5 Å². The van der Waals surface area contributed by atoms with Gasteiger partial charge >= 0.3 is 0 Å². The number of anilines is 1. The van der Waals surface area contributed by atoms with Gasteiger partial charge < -0.3 is 15.0 Å². The molecule has 0 atom stereocenters. The Morgan fingerprint density at radius 2 is 2.04 bits per heavy atom. The second-order valence-corrected chi connectivity index (χ2v) is 6.94. The fourth-order valence-electron chi connectivity index (χ4n) is 2.73. The Kier molecular flexibility index (Phi) is 7.07. The first-order chi connectivity index (χ1) is 13.3. The standard InChI is InChI=1S/C18H22N6O2S/c19-7-4-8-20-16(25)14-27-18-22-21-17(23-9-11-26-12-10-23)24(18)13-15-5-2-1-3-6-15/h1-3,5-6H,4,8-14H2,(H,20,25). The Balaban J connectivity index is 1.73. The minimum atomic E-state index is -0.113. The molecule has 2 heterocycles. The molecule has 1 amide bonds. The molecule has 8 nitrogen and oxygen atoms in total. The zero-order chi connectivity index (χ0) is 18.9. The first-order valence-electron chi connectivity index (χ1n) is 8.84. The molecule has 1 N–H and O–H groups in total. The van der Waals surface area contributed by atoms with E-state index in [9.17, 15) is 4.79 Å². The predicted octanol–water partition coefficient (Wildman–Crippen LogP) is 1.28. The summed E-state index contributed by atoms with van der Waals surface area (Å²) in [5.74, 6) is 0.925. The number of nitriles is 1. The number of nitrogens with zero attached hydrogens (tertiary/aromatic N) is 5. The van der Waals surface area contributed by atoms with Gasteiger partial charge in [-0.1, -0.05) is 42.1 Å². The van der Waals surface area contributed by atoms with E-state index in [1.807, 2.05) is 28.8 Å². The van der Waals surface area contributed by atoms with Crippen LogP contribution >= 0.6 is 11.8 Å². The van der Waals surface area contributed by atoms with Gasteiger partial charge in [-0.05, 0) is 5.56 Å². The summed E-state index contributed by atoms with van der Waals surface area (Å²) in [5.41, 5.74) is 1.15. The first-order valence-corrected chi connectivity index (χ1v) is 9.83. The number of thioether (sulfide) groups is 1. The van der Waals surface area contributed by atoms with Crippen LogP contribution in [0.4, 0.5) is 5.95 Å². The largest absolute Gasteiger partial charge is 0.378 e. The Labute approximate surface area is 162 Å². The topological polar surface area (TPSA) is 96.1 Å². The highest BCUT2D eigenvalue weighted by Crippen LogP contribution is 2.24. The van der Waals surface area contributed by atoms with Crippen LogP contribution in [0.5, 0.6) is 0 Å². The molecule has 27 heavy (non-hydrogen) atoms. The minimum absolute atomic E-state index is 0.113. The van der Waals surface area contributed by atoms with Gasteiger partial charge in [0, 0.05) is 19.6 Å². The highest BCUT2D eigenvalue weighted by molar-refractivity contribution is 7.99. The Morgan fingerprint density at radius 3 is 2.78 bits per heavy atom. The molecule has 0 bridgehead atoms. The maximum absolute atomic E-state index is 11.9. The van der Waals surface area contributed by atoms with Gasteiger partial charge in [0.05, 0.1) is 38.0 Å². The van der Waals surface area contributed by atoms with Gasteiger partial charge in [0.2, 0.25) is 11.9 Å². The van der Waals surface area contributed by atoms with Crippen molar-refractivity contribution in [3.63, 3.8) is 0 Å². The summed E-state index contributed by atoms with van der Waals surface area (Å²) in [6.45, 7) is 3.88. The molecule has 0 unspecified atom stereocenters. The highest BCUT2D eigenvalue weighted by Gasteiger charge is 2.21. The van der Waals surface area contributed by atoms with Crippen molar-refractivity contribution in [2.24, 2.45) is 0 Å². The normalized spacial score (nSPS) is 14.0. The number of morpholine rings is 1. The van der Waals surface area contributed by atoms with Gasteiger partial charge in [-0.3, -0.25) is 9.36 Å². The van der Waals surface area contributed by atoms with E-state index in [0.717, 1.165) is 24.6 Å². The van der Waals surface area contributed by atoms with Crippen molar-refractivity contribution < 1.29 is 9.53 Å². The number of carbonyl (C=O) groups excluding carboxylic acids is 1. The molecule has 1 saturated heterocycles. The predicted molar refractivity (Wildman–Crippen MR) is 103 cm³/mol. The van der Waals surface area contributed by atoms with Crippen LogP contribution in [0.3, 0.4) is 0 Å². The smallest absolute Gasteiger partial charge is 0.230 e. The third-order valence-corrected chi connectivity index (χ3v) is 5.03. The molecule has 1 fully saturated rings. The van der Waals surface area contributed by atoms with Gasteiger partial charge in [-0.25, -0.2) is 0 Å². The maximum Gasteiger partial charge on any atom is 0.230 e. The highest BCUT2D eigenvalue weighted by atomic mass is 32.2. The van der Waals surface area contributed by atoms with Gasteiger partial charge in [-0.15, -0.1) is 10.2 Å². The summed E-state index contributed by atoms with van der Waals surface area (Å²) in [5, 5.41) is 20.7. The summed E-state index contributed by atoms with van der Waals surface area (Å²) in [6, 6.07) is 12.1. The number of nitrogens with one attached hydrogen (secondary N) is 1. The number of ether oxygens (including phenoxy) is 1. The molecule has 9 heteroatoms. The number of hydrogen-bond acceptors (Lipinski definition) is 7. The van der Waals surface area contributed by atoms with E-state index in [-0.39, 0.29) is 11.7 Å². The molecular formula is C18H22N6O2S. The molecule has 0 saturated carbocycles. The van der Waals surface area contributed by atoms with Crippen molar-refractivity contribution >= 4 is 23.6 Å². The summed E-state index contributed by atoms with van der Waals surface area (Å²) in [7, 11) is 0. The monoisotopic (exact) mass is 386 g/mol. The summed E-state index contributed by atoms with van der Waals surface area (Å²) >= 11 is 1.35. The molecule has 1 aromatic carbocycles. The van der Waals surface area contributed by atoms with Gasteiger partial charge in [0.15, 0.2) is 5.16 Å². The first kappa shape index (κ1) is 19.2. The second kappa shape index (κ2) is 9.94. The lowest BCUT2D eigenvalue weighted by Crippen LogP contribution is -2.38. The fraction of sp³-hybridized carbons (Fsp3) is 0.444. The molecule has 3 rings (SSSR count). The fourth-order valence-corrected chi connectivity index (χ4v) is 3.49. The van der Waals surface area contributed by atoms with Gasteiger partial charge in [0.25, 0.3) is 0 Å². The second-order valence-electron chi connectivity index (χ2n) is 6.00. The molecule has 0 spiro atoms. The number of rotatable bonds is 8. The van der Waals surface area contributed by atoms with Crippen LogP contribution < -0.4 is 10.2 Å². The number of carbonyl (C=O) groups is 1. The molecule has 0 radical (unpaired) electrons. The SMILES string of the molecule is N#CCCNC(=O)CSc1nnc(N2CCOCC2)n1Cc1ccccc1. The third-order valence-electron chi connectivity index (χ3n) is 4.07. The Morgan fingerprint density at radius 1 is 1.26 bits per heavy atom. The molecule has 2 aromatic rings. The van der Waals surface area contributed by atoms with Crippen LogP contribution in [0.15, 0.2) is 35.5 Å².